The molecule has 24 heavy (non-hydrogen) atoms. The number of carbonyl (C=O) groups is 1. The first-order valence-electron chi connectivity index (χ1n) is 7.99. The fourth-order valence-electron chi connectivity index (χ4n) is 2.71. The summed E-state index contributed by atoms with van der Waals surface area (Å²) in [5, 5.41) is 4.90. The Morgan fingerprint density at radius 3 is 2.67 bits per heavy atom. The van der Waals surface area contributed by atoms with Crippen molar-refractivity contribution < 1.29 is 13.7 Å². The van der Waals surface area contributed by atoms with Crippen molar-refractivity contribution in [3.05, 3.63) is 59.5 Å². The van der Waals surface area contributed by atoms with Crippen LogP contribution >= 0.6 is 0 Å². The largest absolute Gasteiger partial charge is 0.356 e. The number of carbonyl (C=O) groups excluding carboxylic acids is 1. The second-order valence-corrected chi connectivity index (χ2v) is 5.83. The maximum atomic E-state index is 13.1. The van der Waals surface area contributed by atoms with Crippen LogP contribution in [0.3, 0.4) is 0 Å². The van der Waals surface area contributed by atoms with Gasteiger partial charge in [0.05, 0.1) is 6.42 Å². The molecule has 1 aromatic heterocycles. The Morgan fingerprint density at radius 2 is 1.96 bits per heavy atom. The quantitative estimate of drug-likeness (QED) is 0.704. The van der Waals surface area contributed by atoms with Crippen molar-refractivity contribution in [3.63, 3.8) is 0 Å². The van der Waals surface area contributed by atoms with Gasteiger partial charge in [-0.25, -0.2) is 4.39 Å². The number of hydrogen-bond donors (Lipinski definition) is 0. The van der Waals surface area contributed by atoms with Gasteiger partial charge in [0.25, 0.3) is 0 Å². The number of nitrogens with zero attached hydrogens (tertiary/aromatic N) is 2. The molecule has 3 aromatic rings. The topological polar surface area (TPSA) is 46.3 Å². The Bertz CT molecular complexity index is 855. The van der Waals surface area contributed by atoms with Crippen molar-refractivity contribution in [2.45, 2.75) is 26.7 Å². The van der Waals surface area contributed by atoms with Crippen LogP contribution in [0.4, 0.5) is 10.1 Å². The van der Waals surface area contributed by atoms with Gasteiger partial charge in [0, 0.05) is 17.6 Å². The van der Waals surface area contributed by atoms with Gasteiger partial charge in [-0.05, 0) is 49.7 Å². The van der Waals surface area contributed by atoms with Gasteiger partial charge in [-0.1, -0.05) is 23.7 Å². The van der Waals surface area contributed by atoms with Crippen molar-refractivity contribution >= 4 is 22.6 Å². The van der Waals surface area contributed by atoms with E-state index in [0.29, 0.717) is 23.5 Å². The Hall–Kier alpha value is -2.69. The van der Waals surface area contributed by atoms with Gasteiger partial charge in [-0.15, -0.1) is 0 Å². The van der Waals surface area contributed by atoms with E-state index in [-0.39, 0.29) is 18.1 Å². The van der Waals surface area contributed by atoms with Crippen LogP contribution in [0, 0.1) is 12.7 Å². The molecule has 0 aliphatic carbocycles. The van der Waals surface area contributed by atoms with Crippen molar-refractivity contribution in [2.75, 3.05) is 11.4 Å². The molecule has 0 N–H and O–H groups in total. The lowest BCUT2D eigenvalue weighted by atomic mass is 10.1. The summed E-state index contributed by atoms with van der Waals surface area (Å²) in [6.45, 7) is 4.55. The molecule has 4 nitrogen and oxygen atoms in total. The van der Waals surface area contributed by atoms with E-state index in [0.717, 1.165) is 17.4 Å². The predicted octanol–water partition coefficient (Wildman–Crippen LogP) is 4.26. The lowest BCUT2D eigenvalue weighted by molar-refractivity contribution is -0.118. The smallest absolute Gasteiger partial charge is 0.233 e. The minimum absolute atomic E-state index is 0.0832. The highest BCUT2D eigenvalue weighted by molar-refractivity contribution is 5.96. The van der Waals surface area contributed by atoms with Gasteiger partial charge in [0.2, 0.25) is 5.91 Å². The minimum Gasteiger partial charge on any atom is -0.356 e. The summed E-state index contributed by atoms with van der Waals surface area (Å²) in [6.07, 6.45) is 0.954. The molecular formula is C19H19FN2O2. The average Bonchev–Trinajstić information content (AvgIpc) is 2.96. The lowest BCUT2D eigenvalue weighted by Gasteiger charge is -2.22. The predicted molar refractivity (Wildman–Crippen MR) is 91.5 cm³/mol. The molecule has 1 heterocycles. The van der Waals surface area contributed by atoms with E-state index in [9.17, 15) is 9.18 Å². The third kappa shape index (κ3) is 3.30. The number of rotatable bonds is 5. The molecule has 0 saturated carbocycles. The summed E-state index contributed by atoms with van der Waals surface area (Å²) >= 11 is 0. The number of halogens is 1. The molecule has 5 heteroatoms. The molecule has 0 radical (unpaired) electrons. The maximum absolute atomic E-state index is 13.1. The van der Waals surface area contributed by atoms with E-state index in [1.807, 2.05) is 32.0 Å². The molecule has 0 fully saturated rings. The standard InChI is InChI=1S/C19H19FN2O2/c1-3-10-22(15-7-5-14(20)6-8-15)19(23)12-17-16-11-13(2)4-9-18(16)24-21-17/h4-9,11H,3,10,12H2,1-2H3. The van der Waals surface area contributed by atoms with E-state index < -0.39 is 0 Å². The Labute approximate surface area is 139 Å². The van der Waals surface area contributed by atoms with Crippen molar-refractivity contribution in [1.29, 1.82) is 0 Å². The number of hydrogen-bond acceptors (Lipinski definition) is 3. The van der Waals surface area contributed by atoms with Crippen molar-refractivity contribution in [3.8, 4) is 0 Å². The Kier molecular flexibility index (Phi) is 4.60. The molecule has 0 spiro atoms. The Morgan fingerprint density at radius 1 is 1.21 bits per heavy atom. The molecule has 0 bridgehead atoms. The molecule has 1 amide bonds. The van der Waals surface area contributed by atoms with Gasteiger partial charge in [0.1, 0.15) is 11.5 Å². The SMILES string of the molecule is CCCN(C(=O)Cc1noc2ccc(C)cc12)c1ccc(F)cc1. The van der Waals surface area contributed by atoms with E-state index in [4.69, 9.17) is 4.52 Å². The monoisotopic (exact) mass is 326 g/mol. The summed E-state index contributed by atoms with van der Waals surface area (Å²) in [5.41, 5.74) is 3.07. The van der Waals surface area contributed by atoms with Crippen molar-refractivity contribution in [2.24, 2.45) is 0 Å². The van der Waals surface area contributed by atoms with E-state index in [2.05, 4.69) is 5.16 Å². The van der Waals surface area contributed by atoms with Crippen LogP contribution in [0.5, 0.6) is 0 Å². The third-order valence-corrected chi connectivity index (χ3v) is 3.91. The van der Waals surface area contributed by atoms with Gasteiger partial charge in [-0.2, -0.15) is 0 Å². The van der Waals surface area contributed by atoms with Crippen LogP contribution in [-0.2, 0) is 11.2 Å². The first kappa shape index (κ1) is 16.2. The molecule has 0 aliphatic heterocycles. The third-order valence-electron chi connectivity index (χ3n) is 3.91. The fourth-order valence-corrected chi connectivity index (χ4v) is 2.71. The molecular weight excluding hydrogens is 307 g/mol. The fraction of sp³-hybridized carbons (Fsp3) is 0.263. The summed E-state index contributed by atoms with van der Waals surface area (Å²) < 4.78 is 18.4. The van der Waals surface area contributed by atoms with Gasteiger partial charge in [-0.3, -0.25) is 4.79 Å². The second-order valence-electron chi connectivity index (χ2n) is 5.83. The van der Waals surface area contributed by atoms with Crippen LogP contribution in [-0.4, -0.2) is 17.6 Å². The number of aromatic nitrogens is 1. The number of fused-ring (bicyclic) bond motifs is 1. The Balaban J connectivity index is 1.87. The highest BCUT2D eigenvalue weighted by Crippen LogP contribution is 2.22. The first-order valence-corrected chi connectivity index (χ1v) is 7.99. The van der Waals surface area contributed by atoms with Crippen LogP contribution < -0.4 is 4.90 Å². The normalized spacial score (nSPS) is 11.0. The molecule has 0 saturated heterocycles. The van der Waals surface area contributed by atoms with Crippen LogP contribution in [0.1, 0.15) is 24.6 Å². The van der Waals surface area contributed by atoms with E-state index in [1.165, 1.54) is 12.1 Å². The second kappa shape index (κ2) is 6.83. The van der Waals surface area contributed by atoms with E-state index in [1.54, 1.807) is 17.0 Å². The van der Waals surface area contributed by atoms with Gasteiger partial charge >= 0.3 is 0 Å². The molecule has 2 aromatic carbocycles. The molecule has 0 unspecified atom stereocenters. The number of amides is 1. The van der Waals surface area contributed by atoms with Gasteiger partial charge < -0.3 is 9.42 Å². The highest BCUT2D eigenvalue weighted by Gasteiger charge is 2.19. The zero-order valence-corrected chi connectivity index (χ0v) is 13.8. The number of aryl methyl sites for hydroxylation is 1. The lowest BCUT2D eigenvalue weighted by Crippen LogP contribution is -2.33. The average molecular weight is 326 g/mol. The molecule has 124 valence electrons. The first-order chi connectivity index (χ1) is 11.6. The summed E-state index contributed by atoms with van der Waals surface area (Å²) in [5.74, 6) is -0.402. The van der Waals surface area contributed by atoms with Gasteiger partial charge in [0.15, 0.2) is 5.58 Å². The van der Waals surface area contributed by atoms with E-state index >= 15 is 0 Å². The zero-order chi connectivity index (χ0) is 17.1. The number of anilines is 1. The molecule has 0 aliphatic rings. The summed E-state index contributed by atoms with van der Waals surface area (Å²) in [6, 6.07) is 11.7. The summed E-state index contributed by atoms with van der Waals surface area (Å²) in [7, 11) is 0. The van der Waals surface area contributed by atoms with Crippen LogP contribution in [0.25, 0.3) is 11.0 Å². The minimum atomic E-state index is -0.319. The molecule has 0 atom stereocenters. The van der Waals surface area contributed by atoms with Crippen LogP contribution in [0.2, 0.25) is 0 Å². The number of benzene rings is 2. The maximum Gasteiger partial charge on any atom is 0.233 e. The zero-order valence-electron chi connectivity index (χ0n) is 13.8. The molecule has 3 rings (SSSR count). The summed E-state index contributed by atoms with van der Waals surface area (Å²) in [4.78, 5) is 14.4. The highest BCUT2D eigenvalue weighted by atomic mass is 19.1. The van der Waals surface area contributed by atoms with Crippen molar-refractivity contribution in [1.82, 2.24) is 5.16 Å². The van der Waals surface area contributed by atoms with Crippen LogP contribution in [0.15, 0.2) is 47.0 Å².